The lowest BCUT2D eigenvalue weighted by Crippen LogP contribution is -2.27. The van der Waals surface area contributed by atoms with Gasteiger partial charge in [-0.25, -0.2) is 0 Å². The van der Waals surface area contributed by atoms with Gasteiger partial charge in [0, 0.05) is 10.2 Å². The van der Waals surface area contributed by atoms with Gasteiger partial charge in [0.1, 0.15) is 5.75 Å². The Bertz CT molecular complexity index is 658. The van der Waals surface area contributed by atoms with E-state index in [2.05, 4.69) is 21.2 Å². The molecule has 4 nitrogen and oxygen atoms in total. The Labute approximate surface area is 132 Å². The molecule has 0 aromatic heterocycles. The van der Waals surface area contributed by atoms with Gasteiger partial charge in [-0.3, -0.25) is 4.79 Å². The van der Waals surface area contributed by atoms with Gasteiger partial charge in [-0.2, -0.15) is 0 Å². The number of rotatable bonds is 4. The van der Waals surface area contributed by atoms with E-state index < -0.39 is 0 Å². The Hall–Kier alpha value is -2.01. The fourth-order valence-corrected chi connectivity index (χ4v) is 2.41. The number of ether oxygens (including phenoxy) is 1. The largest absolute Gasteiger partial charge is 0.497 e. The number of carbonyl (C=O) groups is 1. The standard InChI is InChI=1S/C16H17BrN2O2/c1-10(11-4-3-5-13(8-11)21-2)19-16(20)14-9-12(18)6-7-15(14)17/h3-10H,18H2,1-2H3,(H,19,20). The Morgan fingerprint density at radius 2 is 2.05 bits per heavy atom. The quantitative estimate of drug-likeness (QED) is 0.830. The second kappa shape index (κ2) is 6.63. The number of benzene rings is 2. The normalized spacial score (nSPS) is 11.8. The number of nitrogens with two attached hydrogens (primary N) is 1. The van der Waals surface area contributed by atoms with Crippen LogP contribution < -0.4 is 15.8 Å². The number of nitrogen functional groups attached to an aromatic ring is 1. The van der Waals surface area contributed by atoms with Gasteiger partial charge < -0.3 is 15.8 Å². The lowest BCUT2D eigenvalue weighted by atomic mass is 10.1. The molecule has 0 fully saturated rings. The number of amides is 1. The Morgan fingerprint density at radius 1 is 1.29 bits per heavy atom. The van der Waals surface area contributed by atoms with E-state index in [-0.39, 0.29) is 11.9 Å². The van der Waals surface area contributed by atoms with Gasteiger partial charge in [-0.05, 0) is 58.7 Å². The maximum absolute atomic E-state index is 12.3. The summed E-state index contributed by atoms with van der Waals surface area (Å²) in [7, 11) is 1.62. The highest BCUT2D eigenvalue weighted by Crippen LogP contribution is 2.22. The number of halogens is 1. The second-order valence-corrected chi connectivity index (χ2v) is 5.57. The van der Waals surface area contributed by atoms with Crippen LogP contribution in [0.15, 0.2) is 46.9 Å². The molecule has 0 spiro atoms. The molecule has 0 radical (unpaired) electrons. The highest BCUT2D eigenvalue weighted by atomic mass is 79.9. The van der Waals surface area contributed by atoms with Gasteiger partial charge in [0.15, 0.2) is 0 Å². The van der Waals surface area contributed by atoms with Crippen LogP contribution in [0.2, 0.25) is 0 Å². The summed E-state index contributed by atoms with van der Waals surface area (Å²) in [5.41, 5.74) is 7.77. The first-order valence-electron chi connectivity index (χ1n) is 6.51. The molecule has 21 heavy (non-hydrogen) atoms. The van der Waals surface area contributed by atoms with Crippen molar-refractivity contribution in [2.75, 3.05) is 12.8 Å². The molecule has 3 N–H and O–H groups in total. The van der Waals surface area contributed by atoms with Crippen LogP contribution in [-0.2, 0) is 0 Å². The molecule has 2 aromatic carbocycles. The molecule has 2 rings (SSSR count). The van der Waals surface area contributed by atoms with E-state index in [0.29, 0.717) is 15.7 Å². The van der Waals surface area contributed by atoms with E-state index in [1.165, 1.54) is 0 Å². The topological polar surface area (TPSA) is 64.3 Å². The van der Waals surface area contributed by atoms with Crippen molar-refractivity contribution in [3.8, 4) is 5.75 Å². The first-order chi connectivity index (χ1) is 10.0. The molecular formula is C16H17BrN2O2. The molecule has 0 bridgehead atoms. The molecule has 1 atom stereocenters. The number of methoxy groups -OCH3 is 1. The smallest absolute Gasteiger partial charge is 0.252 e. The average Bonchev–Trinajstić information content (AvgIpc) is 2.49. The minimum atomic E-state index is -0.176. The fourth-order valence-electron chi connectivity index (χ4n) is 1.99. The van der Waals surface area contributed by atoms with Gasteiger partial charge in [-0.1, -0.05) is 12.1 Å². The van der Waals surface area contributed by atoms with E-state index in [4.69, 9.17) is 10.5 Å². The molecule has 0 saturated carbocycles. The molecule has 110 valence electrons. The van der Waals surface area contributed by atoms with Gasteiger partial charge in [0.25, 0.3) is 5.91 Å². The zero-order chi connectivity index (χ0) is 15.4. The SMILES string of the molecule is COc1cccc(C(C)NC(=O)c2cc(N)ccc2Br)c1. The van der Waals surface area contributed by atoms with Gasteiger partial charge >= 0.3 is 0 Å². The molecule has 0 saturated heterocycles. The van der Waals surface area contributed by atoms with Gasteiger partial charge in [-0.15, -0.1) is 0 Å². The van der Waals surface area contributed by atoms with Crippen LogP contribution in [-0.4, -0.2) is 13.0 Å². The zero-order valence-corrected chi connectivity index (χ0v) is 13.5. The van der Waals surface area contributed by atoms with E-state index in [1.54, 1.807) is 25.3 Å². The van der Waals surface area contributed by atoms with Crippen LogP contribution in [0.25, 0.3) is 0 Å². The van der Waals surface area contributed by atoms with Crippen molar-refractivity contribution in [1.29, 1.82) is 0 Å². The third-order valence-electron chi connectivity index (χ3n) is 3.18. The molecule has 1 unspecified atom stereocenters. The maximum Gasteiger partial charge on any atom is 0.252 e. The first kappa shape index (κ1) is 15.4. The Kier molecular flexibility index (Phi) is 4.85. The summed E-state index contributed by atoms with van der Waals surface area (Å²) in [5, 5.41) is 2.95. The minimum absolute atomic E-state index is 0.138. The van der Waals surface area contributed by atoms with Crippen molar-refractivity contribution in [3.63, 3.8) is 0 Å². The van der Waals surface area contributed by atoms with Crippen LogP contribution >= 0.6 is 15.9 Å². The summed E-state index contributed by atoms with van der Waals surface area (Å²) in [6.07, 6.45) is 0. The Morgan fingerprint density at radius 3 is 2.76 bits per heavy atom. The van der Waals surface area contributed by atoms with Crippen LogP contribution in [0.3, 0.4) is 0 Å². The number of anilines is 1. The van der Waals surface area contributed by atoms with Crippen molar-refractivity contribution in [1.82, 2.24) is 5.32 Å². The minimum Gasteiger partial charge on any atom is -0.497 e. The Balaban J connectivity index is 2.16. The molecule has 0 aliphatic carbocycles. The monoisotopic (exact) mass is 348 g/mol. The number of hydrogen-bond acceptors (Lipinski definition) is 3. The van der Waals surface area contributed by atoms with Crippen LogP contribution in [0.4, 0.5) is 5.69 Å². The molecular weight excluding hydrogens is 332 g/mol. The van der Waals surface area contributed by atoms with E-state index >= 15 is 0 Å². The summed E-state index contributed by atoms with van der Waals surface area (Å²) in [4.78, 5) is 12.3. The molecule has 1 amide bonds. The van der Waals surface area contributed by atoms with Crippen LogP contribution in [0.1, 0.15) is 28.9 Å². The van der Waals surface area contributed by atoms with Crippen molar-refractivity contribution >= 4 is 27.5 Å². The summed E-state index contributed by atoms with van der Waals surface area (Å²) in [6.45, 7) is 1.92. The predicted octanol–water partition coefficient (Wildman–Crippen LogP) is 3.53. The fraction of sp³-hybridized carbons (Fsp3) is 0.188. The van der Waals surface area contributed by atoms with E-state index in [0.717, 1.165) is 11.3 Å². The van der Waals surface area contributed by atoms with Crippen molar-refractivity contribution < 1.29 is 9.53 Å². The molecule has 0 aliphatic rings. The molecule has 0 aliphatic heterocycles. The summed E-state index contributed by atoms with van der Waals surface area (Å²) in [5.74, 6) is 0.586. The van der Waals surface area contributed by atoms with E-state index in [9.17, 15) is 4.79 Å². The first-order valence-corrected chi connectivity index (χ1v) is 7.30. The lowest BCUT2D eigenvalue weighted by Gasteiger charge is -2.16. The number of nitrogens with one attached hydrogen (secondary N) is 1. The molecule has 5 heteroatoms. The third kappa shape index (κ3) is 3.76. The highest BCUT2D eigenvalue weighted by Gasteiger charge is 2.14. The highest BCUT2D eigenvalue weighted by molar-refractivity contribution is 9.10. The average molecular weight is 349 g/mol. The van der Waals surface area contributed by atoms with Crippen molar-refractivity contribution in [3.05, 3.63) is 58.1 Å². The zero-order valence-electron chi connectivity index (χ0n) is 11.9. The molecule has 2 aromatic rings. The summed E-state index contributed by atoms with van der Waals surface area (Å²) >= 11 is 3.36. The van der Waals surface area contributed by atoms with Crippen molar-refractivity contribution in [2.24, 2.45) is 0 Å². The van der Waals surface area contributed by atoms with Crippen molar-refractivity contribution in [2.45, 2.75) is 13.0 Å². The lowest BCUT2D eigenvalue weighted by molar-refractivity contribution is 0.0939. The van der Waals surface area contributed by atoms with Gasteiger partial charge in [0.2, 0.25) is 0 Å². The van der Waals surface area contributed by atoms with E-state index in [1.807, 2.05) is 31.2 Å². The number of carbonyl (C=O) groups excluding carboxylic acids is 1. The van der Waals surface area contributed by atoms with Crippen LogP contribution in [0, 0.1) is 0 Å². The number of hydrogen-bond donors (Lipinski definition) is 2. The molecule has 0 heterocycles. The summed E-state index contributed by atoms with van der Waals surface area (Å²) < 4.78 is 5.91. The summed E-state index contributed by atoms with van der Waals surface area (Å²) in [6, 6.07) is 12.6. The van der Waals surface area contributed by atoms with Gasteiger partial charge in [0.05, 0.1) is 18.7 Å². The maximum atomic E-state index is 12.3. The predicted molar refractivity (Wildman–Crippen MR) is 87.4 cm³/mol. The van der Waals surface area contributed by atoms with Crippen LogP contribution in [0.5, 0.6) is 5.75 Å². The third-order valence-corrected chi connectivity index (χ3v) is 3.87. The second-order valence-electron chi connectivity index (χ2n) is 4.71.